The monoisotopic (exact) mass is 422 g/mol. The summed E-state index contributed by atoms with van der Waals surface area (Å²) in [6.45, 7) is 3.27. The van der Waals surface area contributed by atoms with Crippen LogP contribution in [-0.2, 0) is 9.53 Å². The number of benzene rings is 2. The minimum absolute atomic E-state index is 0.0508. The molecule has 1 amide bonds. The molecule has 2 aliphatic heterocycles. The second kappa shape index (κ2) is 8.79. The number of hydrogen-bond acceptors (Lipinski definition) is 4. The molecule has 31 heavy (non-hydrogen) atoms. The molecule has 0 N–H and O–H groups in total. The number of likely N-dealkylation sites (tertiary alicyclic amines) is 1. The van der Waals surface area contributed by atoms with Crippen molar-refractivity contribution in [2.45, 2.75) is 62.6 Å². The maximum Gasteiger partial charge on any atom is 0.260 e. The average Bonchev–Trinajstić information content (AvgIpc) is 3.50. The van der Waals surface area contributed by atoms with Crippen LogP contribution in [0.15, 0.2) is 42.5 Å². The summed E-state index contributed by atoms with van der Waals surface area (Å²) in [6, 6.07) is 14.8. The lowest BCUT2D eigenvalue weighted by molar-refractivity contribution is -0.139. The van der Waals surface area contributed by atoms with Gasteiger partial charge in [-0.05, 0) is 80.9 Å². The normalized spacial score (nSPS) is 28.9. The zero-order valence-corrected chi connectivity index (χ0v) is 18.6. The number of fused-ring (bicyclic) bond motifs is 1. The van der Waals surface area contributed by atoms with Gasteiger partial charge in [-0.2, -0.15) is 0 Å². The van der Waals surface area contributed by atoms with Gasteiger partial charge in [0.05, 0.1) is 5.60 Å². The summed E-state index contributed by atoms with van der Waals surface area (Å²) in [5, 5.41) is 2.31. The summed E-state index contributed by atoms with van der Waals surface area (Å²) >= 11 is 0. The summed E-state index contributed by atoms with van der Waals surface area (Å²) in [4.78, 5) is 17.7. The summed E-state index contributed by atoms with van der Waals surface area (Å²) in [6.07, 6.45) is 8.00. The van der Waals surface area contributed by atoms with Crippen LogP contribution in [0.25, 0.3) is 10.8 Å². The standard InChI is InChI=1S/C26H34N2O3/c1-27(25(29)19-30-22-10-9-20-7-2-3-8-21(20)17-22)23-11-13-26(12-6-16-31-26)18-24(23)28-14-4-5-15-28/h2-3,7-10,17,23-24H,4-6,11-16,18-19H2,1H3. The Kier molecular flexibility index (Phi) is 5.89. The molecule has 2 aromatic rings. The van der Waals surface area contributed by atoms with Crippen LogP contribution in [0.4, 0.5) is 0 Å². The van der Waals surface area contributed by atoms with E-state index in [0.29, 0.717) is 6.04 Å². The fourth-order valence-corrected chi connectivity index (χ4v) is 5.92. The summed E-state index contributed by atoms with van der Waals surface area (Å²) in [5.41, 5.74) is 0.0508. The largest absolute Gasteiger partial charge is 0.484 e. The number of hydrogen-bond donors (Lipinski definition) is 0. The Labute approximate surface area is 185 Å². The number of nitrogens with zero attached hydrogens (tertiary/aromatic N) is 2. The fraction of sp³-hybridized carbons (Fsp3) is 0.577. The van der Waals surface area contributed by atoms with E-state index in [1.165, 1.54) is 31.1 Å². The first-order valence-electron chi connectivity index (χ1n) is 11.9. The van der Waals surface area contributed by atoms with E-state index in [1.54, 1.807) is 0 Å². The molecule has 0 radical (unpaired) electrons. The van der Waals surface area contributed by atoms with Crippen molar-refractivity contribution in [1.29, 1.82) is 0 Å². The smallest absolute Gasteiger partial charge is 0.260 e. The minimum atomic E-state index is 0.0508. The van der Waals surface area contributed by atoms with Crippen molar-refractivity contribution in [2.75, 3.05) is 33.4 Å². The molecule has 1 saturated carbocycles. The van der Waals surface area contributed by atoms with Gasteiger partial charge in [-0.3, -0.25) is 9.69 Å². The molecule has 1 aliphatic carbocycles. The van der Waals surface area contributed by atoms with Gasteiger partial charge in [-0.25, -0.2) is 0 Å². The van der Waals surface area contributed by atoms with Crippen LogP contribution in [0.5, 0.6) is 5.75 Å². The third-order valence-electron chi connectivity index (χ3n) is 7.69. The molecule has 1 spiro atoms. The van der Waals surface area contributed by atoms with Crippen molar-refractivity contribution in [3.05, 3.63) is 42.5 Å². The molecule has 166 valence electrons. The molecule has 3 fully saturated rings. The van der Waals surface area contributed by atoms with E-state index < -0.39 is 0 Å². The van der Waals surface area contributed by atoms with E-state index in [9.17, 15) is 4.79 Å². The molecule has 5 heteroatoms. The molecule has 0 bridgehead atoms. The van der Waals surface area contributed by atoms with Gasteiger partial charge < -0.3 is 14.4 Å². The SMILES string of the molecule is CN(C(=O)COc1ccc2ccccc2c1)C1CCC2(CCCO2)CC1N1CCCC1. The van der Waals surface area contributed by atoms with Crippen molar-refractivity contribution < 1.29 is 14.3 Å². The Morgan fingerprint density at radius 3 is 2.71 bits per heavy atom. The van der Waals surface area contributed by atoms with Gasteiger partial charge in [-0.15, -0.1) is 0 Å². The van der Waals surface area contributed by atoms with E-state index in [-0.39, 0.29) is 24.2 Å². The van der Waals surface area contributed by atoms with Crippen molar-refractivity contribution in [3.63, 3.8) is 0 Å². The molecule has 3 aliphatic rings. The Hall–Kier alpha value is -2.11. The lowest BCUT2D eigenvalue weighted by atomic mass is 9.76. The predicted molar refractivity (Wildman–Crippen MR) is 122 cm³/mol. The molecule has 2 aromatic carbocycles. The predicted octanol–water partition coefficient (Wildman–Crippen LogP) is 4.24. The maximum atomic E-state index is 13.1. The average molecular weight is 423 g/mol. The molecule has 0 aromatic heterocycles. The van der Waals surface area contributed by atoms with E-state index in [0.717, 1.165) is 50.1 Å². The number of ether oxygens (including phenoxy) is 2. The molecule has 5 rings (SSSR count). The number of likely N-dealkylation sites (N-methyl/N-ethyl adjacent to an activating group) is 1. The van der Waals surface area contributed by atoms with Crippen LogP contribution in [0.3, 0.4) is 0 Å². The molecular weight excluding hydrogens is 388 g/mol. The molecule has 2 saturated heterocycles. The third kappa shape index (κ3) is 4.31. The summed E-state index contributed by atoms with van der Waals surface area (Å²) in [5.74, 6) is 0.809. The van der Waals surface area contributed by atoms with Crippen LogP contribution in [-0.4, -0.2) is 66.7 Å². The van der Waals surface area contributed by atoms with Gasteiger partial charge >= 0.3 is 0 Å². The molecule has 3 atom stereocenters. The Balaban J connectivity index is 1.25. The van der Waals surface area contributed by atoms with Crippen LogP contribution < -0.4 is 4.74 Å². The highest BCUT2D eigenvalue weighted by Crippen LogP contribution is 2.42. The van der Waals surface area contributed by atoms with Crippen molar-refractivity contribution in [3.8, 4) is 5.75 Å². The van der Waals surface area contributed by atoms with Gasteiger partial charge in [0.2, 0.25) is 0 Å². The number of rotatable bonds is 5. The van der Waals surface area contributed by atoms with Crippen LogP contribution in [0.2, 0.25) is 0 Å². The lowest BCUT2D eigenvalue weighted by Crippen LogP contribution is -2.58. The first kappa shape index (κ1) is 20.8. The Morgan fingerprint density at radius 1 is 1.13 bits per heavy atom. The summed E-state index contributed by atoms with van der Waals surface area (Å²) < 4.78 is 12.2. The van der Waals surface area contributed by atoms with Gasteiger partial charge in [0, 0.05) is 25.7 Å². The van der Waals surface area contributed by atoms with Crippen LogP contribution >= 0.6 is 0 Å². The minimum Gasteiger partial charge on any atom is -0.484 e. The highest BCUT2D eigenvalue weighted by Gasteiger charge is 2.47. The Bertz CT molecular complexity index is 918. The molecule has 2 heterocycles. The highest BCUT2D eigenvalue weighted by molar-refractivity contribution is 5.84. The number of amides is 1. The maximum absolute atomic E-state index is 13.1. The second-order valence-electron chi connectivity index (χ2n) is 9.56. The quantitative estimate of drug-likeness (QED) is 0.723. The van der Waals surface area contributed by atoms with E-state index in [2.05, 4.69) is 17.0 Å². The first-order chi connectivity index (χ1) is 15.1. The van der Waals surface area contributed by atoms with E-state index >= 15 is 0 Å². The van der Waals surface area contributed by atoms with E-state index in [4.69, 9.17) is 9.47 Å². The first-order valence-corrected chi connectivity index (χ1v) is 11.9. The summed E-state index contributed by atoms with van der Waals surface area (Å²) in [7, 11) is 1.97. The zero-order valence-electron chi connectivity index (χ0n) is 18.6. The third-order valence-corrected chi connectivity index (χ3v) is 7.69. The zero-order chi connectivity index (χ0) is 21.3. The van der Waals surface area contributed by atoms with Crippen LogP contribution in [0.1, 0.15) is 44.9 Å². The lowest BCUT2D eigenvalue weighted by Gasteiger charge is -2.48. The molecule has 5 nitrogen and oxygen atoms in total. The highest BCUT2D eigenvalue weighted by atomic mass is 16.5. The Morgan fingerprint density at radius 2 is 1.94 bits per heavy atom. The van der Waals surface area contributed by atoms with Crippen molar-refractivity contribution in [1.82, 2.24) is 9.80 Å². The van der Waals surface area contributed by atoms with Crippen molar-refractivity contribution in [2.24, 2.45) is 0 Å². The van der Waals surface area contributed by atoms with Gasteiger partial charge in [0.15, 0.2) is 6.61 Å². The number of carbonyl (C=O) groups excluding carboxylic acids is 1. The molecule has 3 unspecified atom stereocenters. The topological polar surface area (TPSA) is 42.0 Å². The van der Waals surface area contributed by atoms with Crippen LogP contribution in [0, 0.1) is 0 Å². The second-order valence-corrected chi connectivity index (χ2v) is 9.56. The van der Waals surface area contributed by atoms with Gasteiger partial charge in [0.25, 0.3) is 5.91 Å². The van der Waals surface area contributed by atoms with Gasteiger partial charge in [0.1, 0.15) is 5.75 Å². The van der Waals surface area contributed by atoms with Crippen molar-refractivity contribution >= 4 is 16.7 Å². The molecular formula is C26H34N2O3. The fourth-order valence-electron chi connectivity index (χ4n) is 5.92. The van der Waals surface area contributed by atoms with E-state index in [1.807, 2.05) is 42.3 Å². The number of carbonyl (C=O) groups is 1. The van der Waals surface area contributed by atoms with Gasteiger partial charge in [-0.1, -0.05) is 30.3 Å².